The van der Waals surface area contributed by atoms with E-state index in [0.717, 1.165) is 30.8 Å². The molecule has 0 saturated carbocycles. The molecule has 7 nitrogen and oxygen atoms in total. The predicted octanol–water partition coefficient (Wildman–Crippen LogP) is 1.84. The molecule has 166 valence electrons. The highest BCUT2D eigenvalue weighted by Gasteiger charge is 2.36. The number of carbonyl (C=O) groups is 1. The summed E-state index contributed by atoms with van der Waals surface area (Å²) in [7, 11) is 0. The van der Waals surface area contributed by atoms with Gasteiger partial charge in [0.1, 0.15) is 18.3 Å². The molecule has 6 atom stereocenters. The van der Waals surface area contributed by atoms with Gasteiger partial charge in [0.15, 0.2) is 6.10 Å². The van der Waals surface area contributed by atoms with E-state index in [4.69, 9.17) is 5.11 Å². The Morgan fingerprint density at radius 1 is 0.857 bits per heavy atom. The molecule has 0 aromatic rings. The van der Waals surface area contributed by atoms with Crippen LogP contribution in [0.5, 0.6) is 0 Å². The summed E-state index contributed by atoms with van der Waals surface area (Å²) < 4.78 is 0. The van der Waals surface area contributed by atoms with Crippen LogP contribution in [0.1, 0.15) is 72.6 Å². The Labute approximate surface area is 168 Å². The van der Waals surface area contributed by atoms with Crippen molar-refractivity contribution < 1.29 is 35.4 Å². The summed E-state index contributed by atoms with van der Waals surface area (Å²) in [5.74, 6) is -0.301. The Morgan fingerprint density at radius 2 is 1.43 bits per heavy atom. The van der Waals surface area contributed by atoms with E-state index >= 15 is 0 Å². The van der Waals surface area contributed by atoms with Gasteiger partial charge in [0.25, 0.3) is 0 Å². The summed E-state index contributed by atoms with van der Waals surface area (Å²) in [6.07, 6.45) is -0.840. The van der Waals surface area contributed by atoms with Gasteiger partial charge >= 0.3 is 5.97 Å². The Balaban J connectivity index is 4.27. The van der Waals surface area contributed by atoms with Crippen LogP contribution in [0.25, 0.3) is 0 Å². The highest BCUT2D eigenvalue weighted by Crippen LogP contribution is 2.20. The molecular formula is C21H40O7. The molecule has 0 aliphatic heterocycles. The van der Waals surface area contributed by atoms with E-state index in [0.29, 0.717) is 5.92 Å². The van der Waals surface area contributed by atoms with Gasteiger partial charge in [0.2, 0.25) is 0 Å². The SMILES string of the molecule is CC(=CCC(O)[C@H](O)[C@@H](O)[C@H](O)[C@H](O)C(=O)O)CCCC(C)CCCC(C)C. The molecule has 28 heavy (non-hydrogen) atoms. The van der Waals surface area contributed by atoms with Crippen molar-refractivity contribution in [2.45, 2.75) is 103 Å². The van der Waals surface area contributed by atoms with Gasteiger partial charge in [-0.3, -0.25) is 0 Å². The average Bonchev–Trinajstić information content (AvgIpc) is 2.63. The molecule has 0 radical (unpaired) electrons. The highest BCUT2D eigenvalue weighted by atomic mass is 16.4. The van der Waals surface area contributed by atoms with Crippen LogP contribution in [-0.4, -0.2) is 67.1 Å². The van der Waals surface area contributed by atoms with Crippen molar-refractivity contribution in [2.24, 2.45) is 11.8 Å². The number of carboxylic acid groups (broad SMARTS) is 1. The first-order chi connectivity index (χ1) is 13.0. The van der Waals surface area contributed by atoms with E-state index < -0.39 is 36.5 Å². The Hall–Kier alpha value is -0.990. The fraction of sp³-hybridized carbons (Fsp3) is 0.857. The van der Waals surface area contributed by atoms with Crippen molar-refractivity contribution in [1.29, 1.82) is 0 Å². The normalized spacial score (nSPS) is 19.1. The van der Waals surface area contributed by atoms with Gasteiger partial charge in [-0.25, -0.2) is 4.79 Å². The molecule has 7 heteroatoms. The quantitative estimate of drug-likeness (QED) is 0.229. The van der Waals surface area contributed by atoms with Gasteiger partial charge in [-0.15, -0.1) is 0 Å². The number of allylic oxidation sites excluding steroid dienone is 1. The van der Waals surface area contributed by atoms with Crippen LogP contribution in [0, 0.1) is 11.8 Å². The predicted molar refractivity (Wildman–Crippen MR) is 108 cm³/mol. The maximum absolute atomic E-state index is 10.6. The second kappa shape index (κ2) is 14.1. The maximum atomic E-state index is 10.6. The zero-order valence-corrected chi connectivity index (χ0v) is 17.7. The monoisotopic (exact) mass is 404 g/mol. The lowest BCUT2D eigenvalue weighted by Gasteiger charge is -2.27. The molecule has 0 fully saturated rings. The van der Waals surface area contributed by atoms with Gasteiger partial charge in [-0.2, -0.15) is 0 Å². The molecule has 0 aromatic carbocycles. The summed E-state index contributed by atoms with van der Waals surface area (Å²) in [6.45, 7) is 8.66. The third kappa shape index (κ3) is 11.1. The molecule has 0 heterocycles. The van der Waals surface area contributed by atoms with E-state index in [1.54, 1.807) is 6.08 Å². The topological polar surface area (TPSA) is 138 Å². The number of carboxylic acids is 1. The van der Waals surface area contributed by atoms with Crippen molar-refractivity contribution >= 4 is 5.97 Å². The van der Waals surface area contributed by atoms with Gasteiger partial charge in [-0.05, 0) is 38.0 Å². The van der Waals surface area contributed by atoms with Gasteiger partial charge in [0.05, 0.1) is 6.10 Å². The number of aliphatic hydroxyl groups is 5. The molecule has 0 saturated heterocycles. The largest absolute Gasteiger partial charge is 0.479 e. The number of hydrogen-bond acceptors (Lipinski definition) is 6. The van der Waals surface area contributed by atoms with Gasteiger partial charge in [0, 0.05) is 0 Å². The van der Waals surface area contributed by atoms with E-state index in [9.17, 15) is 30.3 Å². The minimum absolute atomic E-state index is 0.0594. The van der Waals surface area contributed by atoms with Crippen molar-refractivity contribution in [3.05, 3.63) is 11.6 Å². The number of rotatable bonds is 15. The summed E-state index contributed by atoms with van der Waals surface area (Å²) in [4.78, 5) is 10.6. The van der Waals surface area contributed by atoms with Crippen LogP contribution < -0.4 is 0 Å². The van der Waals surface area contributed by atoms with E-state index in [-0.39, 0.29) is 6.42 Å². The lowest BCUT2D eigenvalue weighted by atomic mass is 9.94. The minimum atomic E-state index is -2.24. The molecular weight excluding hydrogens is 364 g/mol. The summed E-state index contributed by atoms with van der Waals surface area (Å²) in [5.41, 5.74) is 1.06. The molecule has 0 aromatic heterocycles. The van der Waals surface area contributed by atoms with Gasteiger partial charge in [-0.1, -0.05) is 58.1 Å². The second-order valence-corrected chi connectivity index (χ2v) is 8.43. The van der Waals surface area contributed by atoms with Crippen molar-refractivity contribution in [1.82, 2.24) is 0 Å². The minimum Gasteiger partial charge on any atom is -0.479 e. The lowest BCUT2D eigenvalue weighted by Crippen LogP contribution is -2.51. The molecule has 0 bridgehead atoms. The van der Waals surface area contributed by atoms with E-state index in [1.165, 1.54) is 19.3 Å². The zero-order valence-electron chi connectivity index (χ0n) is 17.7. The van der Waals surface area contributed by atoms with E-state index in [2.05, 4.69) is 20.8 Å². The molecule has 0 spiro atoms. The van der Waals surface area contributed by atoms with Crippen LogP contribution >= 0.6 is 0 Å². The molecule has 0 aliphatic rings. The number of aliphatic hydroxyl groups excluding tert-OH is 5. The number of aliphatic carboxylic acids is 1. The Morgan fingerprint density at radius 3 is 1.96 bits per heavy atom. The second-order valence-electron chi connectivity index (χ2n) is 8.43. The first-order valence-corrected chi connectivity index (χ1v) is 10.3. The van der Waals surface area contributed by atoms with Crippen molar-refractivity contribution in [3.8, 4) is 0 Å². The fourth-order valence-corrected chi connectivity index (χ4v) is 3.07. The van der Waals surface area contributed by atoms with Crippen LogP contribution in [0.2, 0.25) is 0 Å². The standard InChI is InChI=1S/C21H40O7/c1-13(2)7-5-8-14(3)9-6-10-15(4)11-12-16(22)17(23)18(24)19(25)20(26)21(27)28/h11,13-14,16-20,22-26H,5-10,12H2,1-4H3,(H,27,28)/t14?,16?,17-,18+,19-,20-/m0/s1. The lowest BCUT2D eigenvalue weighted by molar-refractivity contribution is -0.167. The van der Waals surface area contributed by atoms with Crippen LogP contribution in [0.15, 0.2) is 11.6 Å². The Kier molecular flexibility index (Phi) is 13.6. The van der Waals surface area contributed by atoms with Crippen LogP contribution in [0.4, 0.5) is 0 Å². The molecule has 0 amide bonds. The first-order valence-electron chi connectivity index (χ1n) is 10.3. The Bertz CT molecular complexity index is 464. The maximum Gasteiger partial charge on any atom is 0.335 e. The smallest absolute Gasteiger partial charge is 0.335 e. The van der Waals surface area contributed by atoms with Crippen LogP contribution in [-0.2, 0) is 4.79 Å². The summed E-state index contributed by atoms with van der Waals surface area (Å²) in [6, 6.07) is 0. The molecule has 2 unspecified atom stereocenters. The third-order valence-corrected chi connectivity index (χ3v) is 5.12. The summed E-state index contributed by atoms with van der Waals surface area (Å²) in [5, 5.41) is 57.0. The zero-order chi connectivity index (χ0) is 21.9. The fourth-order valence-electron chi connectivity index (χ4n) is 3.07. The molecule has 0 aliphatic carbocycles. The van der Waals surface area contributed by atoms with Crippen molar-refractivity contribution in [2.75, 3.05) is 0 Å². The van der Waals surface area contributed by atoms with Crippen LogP contribution in [0.3, 0.4) is 0 Å². The number of hydrogen-bond donors (Lipinski definition) is 6. The highest BCUT2D eigenvalue weighted by molar-refractivity contribution is 5.72. The first kappa shape index (κ1) is 27.0. The van der Waals surface area contributed by atoms with E-state index in [1.807, 2.05) is 6.92 Å². The van der Waals surface area contributed by atoms with Gasteiger partial charge < -0.3 is 30.6 Å². The van der Waals surface area contributed by atoms with Crippen molar-refractivity contribution in [3.63, 3.8) is 0 Å². The third-order valence-electron chi connectivity index (χ3n) is 5.12. The molecule has 0 rings (SSSR count). The summed E-state index contributed by atoms with van der Waals surface area (Å²) >= 11 is 0. The molecule has 6 N–H and O–H groups in total. The average molecular weight is 405 g/mol.